The molecule has 0 bridgehead atoms. The van der Waals surface area contributed by atoms with Crippen LogP contribution in [0.1, 0.15) is 25.3 Å². The molecule has 0 heterocycles. The van der Waals surface area contributed by atoms with Crippen LogP contribution in [0, 0.1) is 0 Å². The molecule has 0 spiro atoms. The van der Waals surface area contributed by atoms with Crippen molar-refractivity contribution in [2.75, 3.05) is 20.8 Å². The summed E-state index contributed by atoms with van der Waals surface area (Å²) in [4.78, 5) is 23.0. The van der Waals surface area contributed by atoms with E-state index in [-0.39, 0.29) is 18.2 Å². The predicted octanol–water partition coefficient (Wildman–Crippen LogP) is 1.24. The maximum absolute atomic E-state index is 11.6. The number of nitrogens with one attached hydrogen (secondary N) is 2. The first-order valence-electron chi connectivity index (χ1n) is 6.85. The van der Waals surface area contributed by atoms with Crippen molar-refractivity contribution >= 4 is 11.8 Å². The molecule has 116 valence electrons. The molecule has 2 amide bonds. The van der Waals surface area contributed by atoms with E-state index >= 15 is 0 Å². The van der Waals surface area contributed by atoms with Gasteiger partial charge in [-0.2, -0.15) is 0 Å². The average molecular weight is 294 g/mol. The van der Waals surface area contributed by atoms with E-state index in [2.05, 4.69) is 10.6 Å². The molecule has 1 aromatic rings. The van der Waals surface area contributed by atoms with E-state index in [0.29, 0.717) is 24.6 Å². The third-order valence-corrected chi connectivity index (χ3v) is 2.83. The number of benzene rings is 1. The van der Waals surface area contributed by atoms with E-state index in [9.17, 15) is 9.59 Å². The highest BCUT2D eigenvalue weighted by molar-refractivity contribution is 5.96. The molecule has 0 aliphatic rings. The van der Waals surface area contributed by atoms with Crippen LogP contribution in [0.15, 0.2) is 18.2 Å². The second-order valence-electron chi connectivity index (χ2n) is 4.49. The summed E-state index contributed by atoms with van der Waals surface area (Å²) in [6, 6.07) is 5.39. The van der Waals surface area contributed by atoms with Crippen LogP contribution in [0.4, 0.5) is 0 Å². The lowest BCUT2D eigenvalue weighted by molar-refractivity contribution is -0.129. The van der Waals surface area contributed by atoms with E-state index in [1.807, 2.05) is 13.0 Å². The van der Waals surface area contributed by atoms with E-state index in [0.717, 1.165) is 12.0 Å². The van der Waals surface area contributed by atoms with E-state index in [1.54, 1.807) is 26.4 Å². The van der Waals surface area contributed by atoms with Gasteiger partial charge in [0.25, 0.3) is 0 Å². The summed E-state index contributed by atoms with van der Waals surface area (Å²) in [5, 5.41) is 5.36. The minimum absolute atomic E-state index is 0.159. The van der Waals surface area contributed by atoms with Gasteiger partial charge in [0.2, 0.25) is 11.8 Å². The summed E-state index contributed by atoms with van der Waals surface area (Å²) in [7, 11) is 3.12. The second-order valence-corrected chi connectivity index (χ2v) is 4.49. The fourth-order valence-corrected chi connectivity index (χ4v) is 1.73. The van der Waals surface area contributed by atoms with Crippen LogP contribution in [0.5, 0.6) is 11.5 Å². The summed E-state index contributed by atoms with van der Waals surface area (Å²) in [6.45, 7) is 2.87. The summed E-state index contributed by atoms with van der Waals surface area (Å²) in [5.41, 5.74) is 0.870. The van der Waals surface area contributed by atoms with Crippen molar-refractivity contribution in [3.05, 3.63) is 23.8 Å². The van der Waals surface area contributed by atoms with Crippen molar-refractivity contribution < 1.29 is 19.1 Å². The Balaban J connectivity index is 2.47. The van der Waals surface area contributed by atoms with Crippen LogP contribution in [0.3, 0.4) is 0 Å². The zero-order chi connectivity index (χ0) is 15.7. The second kappa shape index (κ2) is 8.84. The fourth-order valence-electron chi connectivity index (χ4n) is 1.73. The quantitative estimate of drug-likeness (QED) is 0.707. The largest absolute Gasteiger partial charge is 0.493 e. The van der Waals surface area contributed by atoms with Crippen molar-refractivity contribution in [3.8, 4) is 11.5 Å². The standard InChI is InChI=1S/C15H22N2O4/c1-4-7-16-14(18)9-15(19)17-10-11-5-6-12(20-2)13(8-11)21-3/h5-6,8H,4,7,9-10H2,1-3H3,(H,16,18)(H,17,19). The molecule has 0 unspecified atom stereocenters. The molecule has 0 aliphatic carbocycles. The Labute approximate surface area is 124 Å². The Kier molecular flexibility index (Phi) is 7.08. The van der Waals surface area contributed by atoms with Gasteiger partial charge in [0.15, 0.2) is 11.5 Å². The molecule has 1 rings (SSSR count). The average Bonchev–Trinajstić information content (AvgIpc) is 2.50. The summed E-state index contributed by atoms with van der Waals surface area (Å²) in [6.07, 6.45) is 0.687. The lowest BCUT2D eigenvalue weighted by Gasteiger charge is -2.10. The Bertz CT molecular complexity index is 489. The lowest BCUT2D eigenvalue weighted by atomic mass is 10.2. The minimum atomic E-state index is -0.307. The summed E-state index contributed by atoms with van der Waals surface area (Å²) in [5.74, 6) is 0.663. The number of carbonyl (C=O) groups is 2. The number of hydrogen-bond acceptors (Lipinski definition) is 4. The highest BCUT2D eigenvalue weighted by Gasteiger charge is 2.09. The maximum atomic E-state index is 11.6. The lowest BCUT2D eigenvalue weighted by Crippen LogP contribution is -2.31. The van der Waals surface area contributed by atoms with Crippen LogP contribution in [-0.4, -0.2) is 32.6 Å². The fraction of sp³-hybridized carbons (Fsp3) is 0.467. The Hall–Kier alpha value is -2.24. The third kappa shape index (κ3) is 5.72. The third-order valence-electron chi connectivity index (χ3n) is 2.83. The van der Waals surface area contributed by atoms with E-state index < -0.39 is 0 Å². The van der Waals surface area contributed by atoms with E-state index in [1.165, 1.54) is 0 Å². The number of amides is 2. The zero-order valence-corrected chi connectivity index (χ0v) is 12.7. The van der Waals surface area contributed by atoms with Gasteiger partial charge < -0.3 is 20.1 Å². The van der Waals surface area contributed by atoms with Gasteiger partial charge in [-0.3, -0.25) is 9.59 Å². The molecule has 0 saturated heterocycles. The SMILES string of the molecule is CCCNC(=O)CC(=O)NCc1ccc(OC)c(OC)c1. The highest BCUT2D eigenvalue weighted by Crippen LogP contribution is 2.27. The van der Waals surface area contributed by atoms with E-state index in [4.69, 9.17) is 9.47 Å². The van der Waals surface area contributed by atoms with Crippen LogP contribution >= 0.6 is 0 Å². The molecule has 0 atom stereocenters. The van der Waals surface area contributed by atoms with Gasteiger partial charge in [-0.05, 0) is 24.1 Å². The van der Waals surface area contributed by atoms with Crippen LogP contribution in [0.2, 0.25) is 0 Å². The molecule has 6 heteroatoms. The van der Waals surface area contributed by atoms with Gasteiger partial charge in [0.05, 0.1) is 14.2 Å². The highest BCUT2D eigenvalue weighted by atomic mass is 16.5. The number of rotatable bonds is 8. The Morgan fingerprint density at radius 3 is 2.33 bits per heavy atom. The van der Waals surface area contributed by atoms with Crippen LogP contribution in [0.25, 0.3) is 0 Å². The molecule has 0 radical (unpaired) electrons. The normalized spacial score (nSPS) is 9.86. The topological polar surface area (TPSA) is 76.7 Å². The van der Waals surface area contributed by atoms with Gasteiger partial charge >= 0.3 is 0 Å². The van der Waals surface area contributed by atoms with Gasteiger partial charge in [-0.25, -0.2) is 0 Å². The molecule has 21 heavy (non-hydrogen) atoms. The minimum Gasteiger partial charge on any atom is -0.493 e. The first-order valence-corrected chi connectivity index (χ1v) is 6.85. The molecule has 2 N–H and O–H groups in total. The number of ether oxygens (including phenoxy) is 2. The van der Waals surface area contributed by atoms with Crippen molar-refractivity contribution in [2.45, 2.75) is 26.3 Å². The van der Waals surface area contributed by atoms with Gasteiger partial charge in [-0.15, -0.1) is 0 Å². The predicted molar refractivity (Wildman–Crippen MR) is 79.3 cm³/mol. The van der Waals surface area contributed by atoms with Crippen LogP contribution in [-0.2, 0) is 16.1 Å². The van der Waals surface area contributed by atoms with Gasteiger partial charge in [0.1, 0.15) is 6.42 Å². The summed E-state index contributed by atoms with van der Waals surface area (Å²) < 4.78 is 10.3. The molecular formula is C15H22N2O4. The summed E-state index contributed by atoms with van der Waals surface area (Å²) >= 11 is 0. The van der Waals surface area contributed by atoms with Crippen LogP contribution < -0.4 is 20.1 Å². The number of carbonyl (C=O) groups excluding carboxylic acids is 2. The first-order chi connectivity index (χ1) is 10.1. The molecule has 0 aliphatic heterocycles. The number of hydrogen-bond donors (Lipinski definition) is 2. The maximum Gasteiger partial charge on any atom is 0.229 e. The van der Waals surface area contributed by atoms with Crippen molar-refractivity contribution in [1.29, 1.82) is 0 Å². The molecular weight excluding hydrogens is 272 g/mol. The number of methoxy groups -OCH3 is 2. The van der Waals surface area contributed by atoms with Crippen molar-refractivity contribution in [2.24, 2.45) is 0 Å². The Morgan fingerprint density at radius 1 is 1.05 bits per heavy atom. The smallest absolute Gasteiger partial charge is 0.229 e. The first kappa shape index (κ1) is 16.8. The molecule has 0 fully saturated rings. The molecule has 1 aromatic carbocycles. The monoisotopic (exact) mass is 294 g/mol. The van der Waals surface area contributed by atoms with Crippen molar-refractivity contribution in [3.63, 3.8) is 0 Å². The molecule has 0 saturated carbocycles. The van der Waals surface area contributed by atoms with Crippen molar-refractivity contribution in [1.82, 2.24) is 10.6 Å². The van der Waals surface area contributed by atoms with Gasteiger partial charge in [-0.1, -0.05) is 13.0 Å². The zero-order valence-electron chi connectivity index (χ0n) is 12.7. The molecule has 6 nitrogen and oxygen atoms in total. The van der Waals surface area contributed by atoms with Gasteiger partial charge in [0, 0.05) is 13.1 Å². The Morgan fingerprint density at radius 2 is 1.71 bits per heavy atom. The molecule has 0 aromatic heterocycles.